The number of nitrogens with zero attached hydrogens (tertiary/aromatic N) is 5. The highest BCUT2D eigenvalue weighted by Crippen LogP contribution is 2.48. The maximum absolute atomic E-state index is 16.6. The zero-order valence-corrected chi connectivity index (χ0v) is 39.5. The number of pyridine rings is 1. The van der Waals surface area contributed by atoms with Crippen molar-refractivity contribution in [3.63, 3.8) is 0 Å². The average Bonchev–Trinajstić information content (AvgIpc) is 4.13. The number of aromatic nitrogens is 1. The van der Waals surface area contributed by atoms with E-state index in [9.17, 15) is 33.2 Å². The Morgan fingerprint density at radius 2 is 1.54 bits per heavy atom. The van der Waals surface area contributed by atoms with Gasteiger partial charge in [-0.1, -0.05) is 6.07 Å². The van der Waals surface area contributed by atoms with E-state index < -0.39 is 40.8 Å². The van der Waals surface area contributed by atoms with Crippen molar-refractivity contribution in [2.45, 2.75) is 69.6 Å². The van der Waals surface area contributed by atoms with Gasteiger partial charge in [0.25, 0.3) is 5.91 Å². The number of carbonyl (C=O) groups is 6. The lowest BCUT2D eigenvalue weighted by Gasteiger charge is -2.57. The van der Waals surface area contributed by atoms with Gasteiger partial charge in [-0.2, -0.15) is 0 Å². The lowest BCUT2D eigenvalue weighted by molar-refractivity contribution is -0.137. The van der Waals surface area contributed by atoms with E-state index in [-0.39, 0.29) is 49.2 Å². The van der Waals surface area contributed by atoms with Crippen LogP contribution in [0.15, 0.2) is 85.1 Å². The summed E-state index contributed by atoms with van der Waals surface area (Å²) in [7, 11) is 1.52. The van der Waals surface area contributed by atoms with Crippen molar-refractivity contribution in [1.82, 2.24) is 25.0 Å². The van der Waals surface area contributed by atoms with E-state index in [1.807, 2.05) is 4.90 Å². The Hall–Kier alpha value is -7.51. The normalized spacial score (nSPS) is 21.7. The number of imide groups is 1. The third-order valence-corrected chi connectivity index (χ3v) is 15.2. The molecule has 5 saturated heterocycles. The van der Waals surface area contributed by atoms with E-state index in [2.05, 4.69) is 36.1 Å². The van der Waals surface area contributed by atoms with Crippen molar-refractivity contribution in [3.8, 4) is 17.2 Å². The summed E-state index contributed by atoms with van der Waals surface area (Å²) in [5.74, 6) is -1.52. The van der Waals surface area contributed by atoms with E-state index >= 15 is 4.39 Å². The van der Waals surface area contributed by atoms with Crippen LogP contribution >= 0.6 is 0 Å². The number of piperidine rings is 3. The molecule has 17 nitrogen and oxygen atoms in total. The molecule has 5 aromatic rings. The summed E-state index contributed by atoms with van der Waals surface area (Å²) in [6.07, 6.45) is 5.51. The highest BCUT2D eigenvalue weighted by molar-refractivity contribution is 6.17. The fourth-order valence-corrected chi connectivity index (χ4v) is 11.1. The number of nitrogens with one attached hydrogen (secondary N) is 4. The molecule has 12 rings (SSSR count). The topological polar surface area (TPSA) is 195 Å². The maximum atomic E-state index is 16.6. The second-order valence-electron chi connectivity index (χ2n) is 19.7. The van der Waals surface area contributed by atoms with Crippen LogP contribution in [-0.2, 0) is 30.5 Å². The summed E-state index contributed by atoms with van der Waals surface area (Å²) in [6, 6.07) is 20.5. The molecule has 4 N–H and O–H groups in total. The molecule has 4 aromatic carbocycles. The minimum Gasteiger partial charge on any atom is -0.494 e. The molecule has 7 heterocycles. The lowest BCUT2D eigenvalue weighted by atomic mass is 9.84. The smallest absolute Gasteiger partial charge is 0.255 e. The first-order valence-corrected chi connectivity index (χ1v) is 24.4. The van der Waals surface area contributed by atoms with Crippen LogP contribution in [0.1, 0.15) is 60.9 Å². The lowest BCUT2D eigenvalue weighted by Crippen LogP contribution is -2.69. The summed E-state index contributed by atoms with van der Waals surface area (Å²) in [5, 5.41) is 11.3. The molecular weight excluding hydrogens is 929 g/mol. The highest BCUT2D eigenvalue weighted by atomic mass is 19.1. The third-order valence-electron chi connectivity index (χ3n) is 15.2. The SMILES string of the molecule is COc1cc2c(Oc3ccc(NC(=O)C4(C(=O)Nc5ccc(F)cc5)CC4)cc3)ccnc2c(F)c1N1CCC(CN2C3CC2CN(CC(=O)Nc2cccc4c2CN(C2CCC(=O)NC2=O)C4=O)C3)CC1. The van der Waals surface area contributed by atoms with Gasteiger partial charge in [-0.3, -0.25) is 48.9 Å². The van der Waals surface area contributed by atoms with Crippen LogP contribution in [0.5, 0.6) is 17.2 Å². The number of carbonyl (C=O) groups excluding carboxylic acids is 6. The van der Waals surface area contributed by atoms with Gasteiger partial charge in [-0.05, 0) is 117 Å². The number of fused-ring (bicyclic) bond motifs is 4. The van der Waals surface area contributed by atoms with Crippen molar-refractivity contribution < 1.29 is 47.0 Å². The Labute approximate surface area is 413 Å². The molecule has 0 radical (unpaired) electrons. The Morgan fingerprint density at radius 3 is 2.21 bits per heavy atom. The van der Waals surface area contributed by atoms with E-state index in [1.165, 1.54) is 42.5 Å². The van der Waals surface area contributed by atoms with Gasteiger partial charge in [0.15, 0.2) is 5.82 Å². The standard InChI is InChI=1S/C53H53F2N9O8/c1-71-43-24-38-42(72-36-11-9-33(10-12-36)58-52(70)53(18-19-53)51(69)57-32-7-5-31(54)6-8-32)15-20-56-47(38)46(55)48(43)62-21-16-30(17-22-62)25-63-34-23-35(63)27-61(26-34)29-45(66)59-40-4-2-3-37-39(40)28-64(50(37)68)41-13-14-44(65)60-49(41)67/h2-12,15,20,24,30,34-35,41H,13-14,16-19,21-23,25-29H2,1H3,(H,57,69)(H,58,70)(H,59,66)(H,60,65,67). The molecule has 6 fully saturated rings. The zero-order chi connectivity index (χ0) is 49.8. The molecule has 1 aliphatic carbocycles. The first-order valence-electron chi connectivity index (χ1n) is 24.4. The summed E-state index contributed by atoms with van der Waals surface area (Å²) >= 11 is 0. The number of hydrogen-bond donors (Lipinski definition) is 4. The van der Waals surface area contributed by atoms with Crippen molar-refractivity contribution in [1.29, 1.82) is 0 Å². The van der Waals surface area contributed by atoms with Crippen molar-refractivity contribution in [2.75, 3.05) is 67.2 Å². The maximum Gasteiger partial charge on any atom is 0.255 e. The largest absolute Gasteiger partial charge is 0.494 e. The van der Waals surface area contributed by atoms with Crippen molar-refractivity contribution in [2.24, 2.45) is 11.3 Å². The van der Waals surface area contributed by atoms with Gasteiger partial charge in [0.05, 0.1) is 13.7 Å². The minimum atomic E-state index is -1.22. The molecule has 3 atom stereocenters. The number of rotatable bonds is 14. The van der Waals surface area contributed by atoms with Crippen molar-refractivity contribution >= 4 is 69.1 Å². The Balaban J connectivity index is 0.665. The van der Waals surface area contributed by atoms with Gasteiger partial charge in [-0.25, -0.2) is 8.78 Å². The number of ether oxygens (including phenoxy) is 2. The van der Waals surface area contributed by atoms with Gasteiger partial charge >= 0.3 is 0 Å². The summed E-state index contributed by atoms with van der Waals surface area (Å²) in [4.78, 5) is 89.9. The second kappa shape index (κ2) is 18.9. The molecule has 3 unspecified atom stereocenters. The molecule has 2 bridgehead atoms. The Kier molecular flexibility index (Phi) is 12.3. The quantitative estimate of drug-likeness (QED) is 0.0745. The number of amides is 6. The molecule has 1 saturated carbocycles. The summed E-state index contributed by atoms with van der Waals surface area (Å²) in [5.41, 5.74) is 1.83. The van der Waals surface area contributed by atoms with E-state index in [0.29, 0.717) is 100 Å². The highest BCUT2D eigenvalue weighted by Gasteiger charge is 2.56. The molecule has 6 amide bonds. The van der Waals surface area contributed by atoms with E-state index in [4.69, 9.17) is 9.47 Å². The Bertz CT molecular complexity index is 3010. The van der Waals surface area contributed by atoms with Crippen LogP contribution in [0.4, 0.5) is 31.5 Å². The molecule has 72 heavy (non-hydrogen) atoms. The summed E-state index contributed by atoms with van der Waals surface area (Å²) < 4.78 is 42.0. The monoisotopic (exact) mass is 981 g/mol. The predicted molar refractivity (Wildman–Crippen MR) is 261 cm³/mol. The molecule has 372 valence electrons. The number of anilines is 4. The Morgan fingerprint density at radius 1 is 0.847 bits per heavy atom. The first-order chi connectivity index (χ1) is 34.8. The van der Waals surface area contributed by atoms with Crippen LogP contribution < -0.4 is 35.6 Å². The fraction of sp³-hybridized carbons (Fsp3) is 0.377. The summed E-state index contributed by atoms with van der Waals surface area (Å²) in [6.45, 7) is 4.14. The zero-order valence-electron chi connectivity index (χ0n) is 39.5. The van der Waals surface area contributed by atoms with Gasteiger partial charge in [0.2, 0.25) is 29.5 Å². The van der Waals surface area contributed by atoms with E-state index in [1.54, 1.807) is 54.6 Å². The number of benzene rings is 4. The molecule has 7 aliphatic rings. The van der Waals surface area contributed by atoms with Crippen molar-refractivity contribution in [3.05, 3.63) is 108 Å². The predicted octanol–water partition coefficient (Wildman–Crippen LogP) is 6.05. The number of halogens is 2. The van der Waals surface area contributed by atoms with Crippen LogP contribution in [0.25, 0.3) is 10.9 Å². The molecule has 0 spiro atoms. The van der Waals surface area contributed by atoms with Crippen LogP contribution in [0.2, 0.25) is 0 Å². The molecular formula is C53H53F2N9O8. The minimum absolute atomic E-state index is 0.147. The van der Waals surface area contributed by atoms with Gasteiger partial charge in [0, 0.05) is 97.5 Å². The van der Waals surface area contributed by atoms with E-state index in [0.717, 1.165) is 38.9 Å². The third kappa shape index (κ3) is 8.95. The second-order valence-corrected chi connectivity index (χ2v) is 19.7. The van der Waals surface area contributed by atoms with Crippen LogP contribution in [0, 0.1) is 23.0 Å². The van der Waals surface area contributed by atoms with Crippen LogP contribution in [-0.4, -0.2) is 120 Å². The average molecular weight is 982 g/mol. The van der Waals surface area contributed by atoms with Gasteiger partial charge in [0.1, 0.15) is 45.7 Å². The number of piperazine rings is 1. The van der Waals surface area contributed by atoms with Gasteiger partial charge in [-0.15, -0.1) is 0 Å². The molecule has 19 heteroatoms. The first kappa shape index (κ1) is 46.8. The number of hydrogen-bond acceptors (Lipinski definition) is 12. The van der Waals surface area contributed by atoms with Crippen LogP contribution in [0.3, 0.4) is 0 Å². The fourth-order valence-electron chi connectivity index (χ4n) is 11.1. The van der Waals surface area contributed by atoms with Gasteiger partial charge < -0.3 is 35.2 Å². The molecule has 1 aromatic heterocycles. The number of methoxy groups -OCH3 is 1. The molecule has 6 aliphatic heterocycles.